The van der Waals surface area contributed by atoms with Crippen molar-refractivity contribution in [1.29, 1.82) is 0 Å². The van der Waals surface area contributed by atoms with Crippen molar-refractivity contribution in [3.05, 3.63) is 24.3 Å². The van der Waals surface area contributed by atoms with Gasteiger partial charge in [0.1, 0.15) is 5.69 Å². The van der Waals surface area contributed by atoms with Crippen LogP contribution >= 0.6 is 0 Å². The number of rotatable bonds is 5. The smallest absolute Gasteiger partial charge is 0.271 e. The first kappa shape index (κ1) is 14.9. The van der Waals surface area contributed by atoms with Crippen molar-refractivity contribution in [2.45, 2.75) is 25.9 Å². The maximum Gasteiger partial charge on any atom is 0.271 e. The molecule has 20 heavy (non-hydrogen) atoms. The Hall–Kier alpha value is -1.53. The second-order valence-electron chi connectivity index (χ2n) is 5.44. The summed E-state index contributed by atoms with van der Waals surface area (Å²) >= 11 is 0. The number of piperidine rings is 1. The number of hydrogen-bond acceptors (Lipinski definition) is 5. The summed E-state index contributed by atoms with van der Waals surface area (Å²) in [5.41, 5.74) is 0.270. The molecule has 0 saturated carbocycles. The lowest BCUT2D eigenvalue weighted by Gasteiger charge is -2.31. The van der Waals surface area contributed by atoms with Gasteiger partial charge in [-0.3, -0.25) is 9.78 Å². The third-order valence-corrected chi connectivity index (χ3v) is 3.64. The molecule has 1 aromatic heterocycles. The first-order valence-corrected chi connectivity index (χ1v) is 7.10. The molecule has 6 nitrogen and oxygen atoms in total. The van der Waals surface area contributed by atoms with E-state index >= 15 is 0 Å². The van der Waals surface area contributed by atoms with E-state index in [1.54, 1.807) is 0 Å². The lowest BCUT2D eigenvalue weighted by Crippen LogP contribution is -2.43. The van der Waals surface area contributed by atoms with Gasteiger partial charge in [-0.2, -0.15) is 0 Å². The van der Waals surface area contributed by atoms with Gasteiger partial charge < -0.3 is 15.3 Å². The number of nitrogens with one attached hydrogen (secondary N) is 1. The van der Waals surface area contributed by atoms with Crippen LogP contribution in [0.2, 0.25) is 0 Å². The molecular weight excluding hydrogens is 256 g/mol. The highest BCUT2D eigenvalue weighted by Crippen LogP contribution is 2.15. The van der Waals surface area contributed by atoms with Crippen LogP contribution in [-0.2, 0) is 0 Å². The average Bonchev–Trinajstić information content (AvgIpc) is 2.48. The zero-order chi connectivity index (χ0) is 14.4. The van der Waals surface area contributed by atoms with Crippen molar-refractivity contribution in [3.63, 3.8) is 0 Å². The number of carbonyl (C=O) groups excluding carboxylic acids is 1. The Morgan fingerprint density at radius 3 is 2.90 bits per heavy atom. The van der Waals surface area contributed by atoms with E-state index in [2.05, 4.69) is 27.1 Å². The monoisotopic (exact) mass is 278 g/mol. The Labute approximate surface area is 119 Å². The predicted octanol–water partition coefficient (Wildman–Crippen LogP) is 0.299. The first-order valence-electron chi connectivity index (χ1n) is 7.10. The molecule has 2 rings (SSSR count). The molecule has 0 aliphatic carbocycles. The normalized spacial score (nSPS) is 18.7. The minimum absolute atomic E-state index is 0.238. The Morgan fingerprint density at radius 1 is 1.50 bits per heavy atom. The van der Waals surface area contributed by atoms with Crippen molar-refractivity contribution >= 4 is 5.91 Å². The van der Waals surface area contributed by atoms with Gasteiger partial charge in [0, 0.05) is 25.5 Å². The summed E-state index contributed by atoms with van der Waals surface area (Å²) in [5.74, 6) is 0.476. The molecule has 0 aromatic carbocycles. The molecule has 1 fully saturated rings. The van der Waals surface area contributed by atoms with Crippen LogP contribution in [0.5, 0.6) is 0 Å². The standard InChI is InChI=1S/C14H22N4O2/c1-11-2-6-18(7-3-11)10-12(19)8-17-14(20)13-9-15-4-5-16-13/h4-5,9,11-12,19H,2-3,6-8,10H2,1H3,(H,17,20). The van der Waals surface area contributed by atoms with E-state index in [0.29, 0.717) is 6.54 Å². The molecule has 1 aliphatic rings. The Morgan fingerprint density at radius 2 is 2.25 bits per heavy atom. The van der Waals surface area contributed by atoms with E-state index < -0.39 is 6.10 Å². The predicted molar refractivity (Wildman–Crippen MR) is 75.2 cm³/mol. The summed E-state index contributed by atoms with van der Waals surface area (Å²) in [4.78, 5) is 21.7. The molecule has 1 unspecified atom stereocenters. The summed E-state index contributed by atoms with van der Waals surface area (Å²) < 4.78 is 0. The second-order valence-corrected chi connectivity index (χ2v) is 5.44. The highest BCUT2D eigenvalue weighted by molar-refractivity contribution is 5.91. The third kappa shape index (κ3) is 4.54. The van der Waals surface area contributed by atoms with Crippen molar-refractivity contribution < 1.29 is 9.90 Å². The van der Waals surface area contributed by atoms with E-state index in [9.17, 15) is 9.90 Å². The third-order valence-electron chi connectivity index (χ3n) is 3.64. The van der Waals surface area contributed by atoms with Gasteiger partial charge in [0.15, 0.2) is 0 Å². The lowest BCUT2D eigenvalue weighted by molar-refractivity contribution is 0.0792. The number of likely N-dealkylation sites (tertiary alicyclic amines) is 1. The van der Waals surface area contributed by atoms with Gasteiger partial charge in [-0.15, -0.1) is 0 Å². The van der Waals surface area contributed by atoms with Gasteiger partial charge >= 0.3 is 0 Å². The summed E-state index contributed by atoms with van der Waals surface area (Å²) in [6.45, 7) is 5.15. The van der Waals surface area contributed by atoms with Crippen LogP contribution in [0.1, 0.15) is 30.3 Å². The van der Waals surface area contributed by atoms with Crippen molar-refractivity contribution in [3.8, 4) is 0 Å². The molecule has 1 aliphatic heterocycles. The highest BCUT2D eigenvalue weighted by atomic mass is 16.3. The Balaban J connectivity index is 1.70. The fraction of sp³-hybridized carbons (Fsp3) is 0.643. The molecule has 1 saturated heterocycles. The Kier molecular flexibility index (Phi) is 5.43. The first-order chi connectivity index (χ1) is 9.65. The van der Waals surface area contributed by atoms with Crippen LogP contribution in [0, 0.1) is 5.92 Å². The van der Waals surface area contributed by atoms with Crippen molar-refractivity contribution in [2.24, 2.45) is 5.92 Å². The molecule has 1 aromatic rings. The van der Waals surface area contributed by atoms with Crippen LogP contribution < -0.4 is 5.32 Å². The van der Waals surface area contributed by atoms with Crippen LogP contribution in [0.3, 0.4) is 0 Å². The lowest BCUT2D eigenvalue weighted by atomic mass is 9.99. The van der Waals surface area contributed by atoms with Crippen molar-refractivity contribution in [2.75, 3.05) is 26.2 Å². The number of β-amino-alcohol motifs (C(OH)–C–C–N with tert-alkyl or cyclic N) is 1. The molecule has 2 N–H and O–H groups in total. The number of carbonyl (C=O) groups is 1. The number of aromatic nitrogens is 2. The van der Waals surface area contributed by atoms with E-state index in [1.165, 1.54) is 31.4 Å². The zero-order valence-corrected chi connectivity index (χ0v) is 11.8. The van der Waals surface area contributed by atoms with E-state index in [4.69, 9.17) is 0 Å². The van der Waals surface area contributed by atoms with Gasteiger partial charge in [0.05, 0.1) is 12.3 Å². The molecule has 2 heterocycles. The quantitative estimate of drug-likeness (QED) is 0.810. The minimum atomic E-state index is -0.552. The van der Waals surface area contributed by atoms with E-state index in [-0.39, 0.29) is 18.1 Å². The number of aliphatic hydroxyl groups is 1. The molecule has 0 bridgehead atoms. The van der Waals surface area contributed by atoms with Gasteiger partial charge in [-0.25, -0.2) is 4.98 Å². The molecule has 6 heteroatoms. The summed E-state index contributed by atoms with van der Waals surface area (Å²) in [6, 6.07) is 0. The van der Waals surface area contributed by atoms with Gasteiger partial charge in [-0.1, -0.05) is 6.92 Å². The zero-order valence-electron chi connectivity index (χ0n) is 11.8. The highest BCUT2D eigenvalue weighted by Gasteiger charge is 2.18. The van der Waals surface area contributed by atoms with Gasteiger partial charge in [0.2, 0.25) is 0 Å². The summed E-state index contributed by atoms with van der Waals surface area (Å²) in [7, 11) is 0. The maximum absolute atomic E-state index is 11.7. The van der Waals surface area contributed by atoms with Crippen LogP contribution in [0.25, 0.3) is 0 Å². The summed E-state index contributed by atoms with van der Waals surface area (Å²) in [6.07, 6.45) is 6.21. The minimum Gasteiger partial charge on any atom is -0.390 e. The molecule has 0 radical (unpaired) electrons. The van der Waals surface area contributed by atoms with E-state index in [0.717, 1.165) is 19.0 Å². The topological polar surface area (TPSA) is 78.4 Å². The number of aliphatic hydroxyl groups excluding tert-OH is 1. The van der Waals surface area contributed by atoms with Crippen molar-refractivity contribution in [1.82, 2.24) is 20.2 Å². The van der Waals surface area contributed by atoms with Gasteiger partial charge in [0.25, 0.3) is 5.91 Å². The SMILES string of the molecule is CC1CCN(CC(O)CNC(=O)c2cnccn2)CC1. The fourth-order valence-electron chi connectivity index (χ4n) is 2.32. The molecular formula is C14H22N4O2. The number of nitrogens with zero attached hydrogens (tertiary/aromatic N) is 3. The molecule has 1 atom stereocenters. The van der Waals surface area contributed by atoms with Crippen LogP contribution in [-0.4, -0.2) is 58.2 Å². The van der Waals surface area contributed by atoms with Gasteiger partial charge in [-0.05, 0) is 31.8 Å². The maximum atomic E-state index is 11.7. The van der Waals surface area contributed by atoms with Crippen LogP contribution in [0.15, 0.2) is 18.6 Å². The Bertz CT molecular complexity index is 418. The van der Waals surface area contributed by atoms with E-state index in [1.807, 2.05) is 0 Å². The average molecular weight is 278 g/mol. The molecule has 110 valence electrons. The summed E-state index contributed by atoms with van der Waals surface area (Å²) in [5, 5.41) is 12.6. The largest absolute Gasteiger partial charge is 0.390 e. The molecule has 0 spiro atoms. The number of hydrogen-bond donors (Lipinski definition) is 2. The fourth-order valence-corrected chi connectivity index (χ4v) is 2.32. The van der Waals surface area contributed by atoms with Crippen LogP contribution in [0.4, 0.5) is 0 Å². The molecule has 1 amide bonds. The number of amides is 1. The second kappa shape index (κ2) is 7.31.